The van der Waals surface area contributed by atoms with E-state index in [1.165, 1.54) is 24.3 Å². The summed E-state index contributed by atoms with van der Waals surface area (Å²) in [5.74, 6) is 1.30. The number of halogens is 3. The van der Waals surface area contributed by atoms with Crippen LogP contribution in [0.4, 0.5) is 13.2 Å². The van der Waals surface area contributed by atoms with Crippen molar-refractivity contribution in [2.45, 2.75) is 12.9 Å². The number of aliphatic imine (C=N–C) groups is 1. The Morgan fingerprint density at radius 3 is 2.44 bits per heavy atom. The van der Waals surface area contributed by atoms with E-state index in [0.717, 1.165) is 0 Å². The van der Waals surface area contributed by atoms with Crippen LogP contribution in [0.1, 0.15) is 5.56 Å². The van der Waals surface area contributed by atoms with E-state index in [2.05, 4.69) is 15.0 Å². The standard InChI is InChI=1S/C18H20F3N3O3/c1-25-15-3-2-4-16(11-15)26-10-9-23-17(22)24-12-13-5-7-14(8-6-13)27-18(19,20)21/h2-8,11H,9-10,12H2,1H3,(H3,22,23,24). The van der Waals surface area contributed by atoms with Crippen molar-refractivity contribution in [3.8, 4) is 17.2 Å². The third-order valence-electron chi connectivity index (χ3n) is 3.31. The summed E-state index contributed by atoms with van der Waals surface area (Å²) in [6, 6.07) is 12.6. The van der Waals surface area contributed by atoms with E-state index >= 15 is 0 Å². The Balaban J connectivity index is 1.72. The van der Waals surface area contributed by atoms with Gasteiger partial charge in [0.05, 0.1) is 20.2 Å². The van der Waals surface area contributed by atoms with Crippen LogP contribution in [0.5, 0.6) is 17.2 Å². The van der Waals surface area contributed by atoms with Crippen molar-refractivity contribution in [1.29, 1.82) is 0 Å². The van der Waals surface area contributed by atoms with Gasteiger partial charge in [-0.1, -0.05) is 18.2 Å². The number of guanidine groups is 1. The maximum absolute atomic E-state index is 12.1. The molecule has 6 nitrogen and oxygen atoms in total. The van der Waals surface area contributed by atoms with Crippen molar-refractivity contribution < 1.29 is 27.4 Å². The van der Waals surface area contributed by atoms with Crippen LogP contribution < -0.4 is 25.3 Å². The lowest BCUT2D eigenvalue weighted by Gasteiger charge is -2.10. The molecule has 0 atom stereocenters. The molecule has 2 aromatic rings. The molecule has 3 N–H and O–H groups in total. The van der Waals surface area contributed by atoms with Crippen molar-refractivity contribution in [2.24, 2.45) is 10.7 Å². The van der Waals surface area contributed by atoms with Crippen LogP contribution in [-0.4, -0.2) is 32.6 Å². The molecule has 2 aromatic carbocycles. The molecule has 146 valence electrons. The van der Waals surface area contributed by atoms with Crippen molar-refractivity contribution in [3.63, 3.8) is 0 Å². The third kappa shape index (κ3) is 7.76. The van der Waals surface area contributed by atoms with Gasteiger partial charge in [-0.2, -0.15) is 0 Å². The Hall–Kier alpha value is -3.10. The van der Waals surface area contributed by atoms with E-state index in [1.54, 1.807) is 13.2 Å². The number of alkyl halides is 3. The Morgan fingerprint density at radius 2 is 1.78 bits per heavy atom. The SMILES string of the molecule is COc1cccc(OCCNC(N)=NCc2ccc(OC(F)(F)F)cc2)c1. The van der Waals surface area contributed by atoms with Crippen LogP contribution in [0.25, 0.3) is 0 Å². The molecule has 0 aromatic heterocycles. The lowest BCUT2D eigenvalue weighted by Crippen LogP contribution is -2.34. The van der Waals surface area contributed by atoms with Crippen molar-refractivity contribution >= 4 is 5.96 Å². The number of rotatable bonds is 8. The number of ether oxygens (including phenoxy) is 3. The fraction of sp³-hybridized carbons (Fsp3) is 0.278. The zero-order valence-electron chi connectivity index (χ0n) is 14.6. The van der Waals surface area contributed by atoms with E-state index in [0.29, 0.717) is 30.2 Å². The second-order valence-corrected chi connectivity index (χ2v) is 5.35. The quantitative estimate of drug-likeness (QED) is 0.416. The lowest BCUT2D eigenvalue weighted by atomic mass is 10.2. The smallest absolute Gasteiger partial charge is 0.497 e. The molecule has 0 aliphatic carbocycles. The summed E-state index contributed by atoms with van der Waals surface area (Å²) in [6.07, 6.45) is -4.71. The van der Waals surface area contributed by atoms with Crippen molar-refractivity contribution in [3.05, 3.63) is 54.1 Å². The Labute approximate surface area is 154 Å². The van der Waals surface area contributed by atoms with Crippen LogP contribution in [0.2, 0.25) is 0 Å². The van der Waals surface area contributed by atoms with E-state index in [1.807, 2.05) is 18.2 Å². The van der Waals surface area contributed by atoms with E-state index in [-0.39, 0.29) is 18.3 Å². The first-order valence-electron chi connectivity index (χ1n) is 8.01. The van der Waals surface area contributed by atoms with Crippen LogP contribution in [0.15, 0.2) is 53.5 Å². The van der Waals surface area contributed by atoms with Crippen molar-refractivity contribution in [2.75, 3.05) is 20.3 Å². The van der Waals surface area contributed by atoms with Gasteiger partial charge in [-0.25, -0.2) is 4.99 Å². The summed E-state index contributed by atoms with van der Waals surface area (Å²) in [4.78, 5) is 4.12. The average molecular weight is 383 g/mol. The minimum absolute atomic E-state index is 0.208. The normalized spacial score (nSPS) is 11.8. The molecule has 0 amide bonds. The third-order valence-corrected chi connectivity index (χ3v) is 3.31. The number of benzene rings is 2. The van der Waals surface area contributed by atoms with Crippen LogP contribution in [-0.2, 0) is 6.54 Å². The highest BCUT2D eigenvalue weighted by Crippen LogP contribution is 2.23. The predicted molar refractivity (Wildman–Crippen MR) is 94.9 cm³/mol. The first-order valence-corrected chi connectivity index (χ1v) is 8.01. The van der Waals surface area contributed by atoms with Gasteiger partial charge in [0.2, 0.25) is 0 Å². The zero-order chi connectivity index (χ0) is 19.7. The first-order chi connectivity index (χ1) is 12.9. The predicted octanol–water partition coefficient (Wildman–Crippen LogP) is 3.08. The first kappa shape index (κ1) is 20.2. The second-order valence-electron chi connectivity index (χ2n) is 5.35. The lowest BCUT2D eigenvalue weighted by molar-refractivity contribution is -0.274. The molecular weight excluding hydrogens is 363 g/mol. The fourth-order valence-electron chi connectivity index (χ4n) is 2.07. The molecule has 9 heteroatoms. The molecule has 0 aliphatic rings. The molecule has 0 bridgehead atoms. The largest absolute Gasteiger partial charge is 0.573 e. The van der Waals surface area contributed by atoms with Gasteiger partial charge in [0.1, 0.15) is 23.9 Å². The number of nitrogens with zero attached hydrogens (tertiary/aromatic N) is 1. The van der Waals surface area contributed by atoms with Gasteiger partial charge >= 0.3 is 6.36 Å². The number of methoxy groups -OCH3 is 1. The van der Waals surface area contributed by atoms with Gasteiger partial charge < -0.3 is 25.3 Å². The van der Waals surface area contributed by atoms with Gasteiger partial charge in [0, 0.05) is 6.07 Å². The summed E-state index contributed by atoms with van der Waals surface area (Å²) in [5, 5.41) is 2.89. The average Bonchev–Trinajstić information content (AvgIpc) is 2.63. The summed E-state index contributed by atoms with van der Waals surface area (Å²) >= 11 is 0. The maximum Gasteiger partial charge on any atom is 0.573 e. The molecule has 0 spiro atoms. The van der Waals surface area contributed by atoms with Gasteiger partial charge in [0.25, 0.3) is 0 Å². The number of nitrogens with two attached hydrogens (primary N) is 1. The van der Waals surface area contributed by atoms with Gasteiger partial charge in [-0.15, -0.1) is 13.2 Å². The molecule has 0 unspecified atom stereocenters. The summed E-state index contributed by atoms with van der Waals surface area (Å²) < 4.78 is 50.8. The summed E-state index contributed by atoms with van der Waals surface area (Å²) in [7, 11) is 1.58. The van der Waals surface area contributed by atoms with Crippen LogP contribution in [0.3, 0.4) is 0 Å². The topological polar surface area (TPSA) is 78.1 Å². The Bertz CT molecular complexity index is 750. The minimum atomic E-state index is -4.71. The number of hydrogen-bond donors (Lipinski definition) is 2. The highest BCUT2D eigenvalue weighted by atomic mass is 19.4. The fourth-order valence-corrected chi connectivity index (χ4v) is 2.07. The highest BCUT2D eigenvalue weighted by Gasteiger charge is 2.30. The number of nitrogens with one attached hydrogen (secondary N) is 1. The molecule has 2 rings (SSSR count). The second kappa shape index (κ2) is 9.56. The van der Waals surface area contributed by atoms with Crippen molar-refractivity contribution in [1.82, 2.24) is 5.32 Å². The molecule has 27 heavy (non-hydrogen) atoms. The van der Waals surface area contributed by atoms with Gasteiger partial charge in [-0.05, 0) is 29.8 Å². The van der Waals surface area contributed by atoms with E-state index in [4.69, 9.17) is 15.2 Å². The van der Waals surface area contributed by atoms with Gasteiger partial charge in [0.15, 0.2) is 5.96 Å². The minimum Gasteiger partial charge on any atom is -0.497 e. The zero-order valence-corrected chi connectivity index (χ0v) is 14.6. The molecular formula is C18H20F3N3O3. The monoisotopic (exact) mass is 383 g/mol. The van der Waals surface area contributed by atoms with E-state index < -0.39 is 6.36 Å². The Morgan fingerprint density at radius 1 is 1.07 bits per heavy atom. The Kier molecular flexibility index (Phi) is 7.16. The maximum atomic E-state index is 12.1. The highest BCUT2D eigenvalue weighted by molar-refractivity contribution is 5.77. The summed E-state index contributed by atoms with van der Waals surface area (Å²) in [5.41, 5.74) is 6.45. The molecule has 0 saturated carbocycles. The summed E-state index contributed by atoms with van der Waals surface area (Å²) in [6.45, 7) is 1.03. The molecule has 0 fully saturated rings. The van der Waals surface area contributed by atoms with Gasteiger partial charge in [-0.3, -0.25) is 0 Å². The molecule has 0 saturated heterocycles. The number of hydrogen-bond acceptors (Lipinski definition) is 4. The molecule has 0 heterocycles. The molecule has 0 radical (unpaired) electrons. The van der Waals surface area contributed by atoms with E-state index in [9.17, 15) is 13.2 Å². The van der Waals surface area contributed by atoms with Crippen LogP contribution in [0, 0.1) is 0 Å². The molecule has 0 aliphatic heterocycles. The van der Waals surface area contributed by atoms with Crippen LogP contribution >= 0.6 is 0 Å².